The van der Waals surface area contributed by atoms with Crippen molar-refractivity contribution in [3.05, 3.63) is 94.0 Å². The molecule has 0 amide bonds. The molecule has 0 saturated carbocycles. The first-order valence-corrected chi connectivity index (χ1v) is 12.6. The SMILES string of the molecule is O=c1[nH]c(O)c(C=Nc2ccc(CN3CCC(CCO)CC3)cc2)c2cc(-c3ccc(F)cc3)ccc12. The first-order valence-electron chi connectivity index (χ1n) is 12.6. The van der Waals surface area contributed by atoms with Gasteiger partial charge in [0.05, 0.1) is 11.3 Å². The number of likely N-dealkylation sites (tertiary alicyclic amines) is 1. The van der Waals surface area contributed by atoms with E-state index in [1.807, 2.05) is 18.2 Å². The number of pyridine rings is 1. The second-order valence-electron chi connectivity index (χ2n) is 9.64. The van der Waals surface area contributed by atoms with Crippen LogP contribution < -0.4 is 5.56 Å². The van der Waals surface area contributed by atoms with Crippen LogP contribution in [0.3, 0.4) is 0 Å². The lowest BCUT2D eigenvalue weighted by Gasteiger charge is -2.31. The van der Waals surface area contributed by atoms with Crippen LogP contribution >= 0.6 is 0 Å². The number of aliphatic hydroxyl groups is 1. The van der Waals surface area contributed by atoms with Crippen molar-refractivity contribution in [2.24, 2.45) is 10.9 Å². The minimum atomic E-state index is -0.389. The molecule has 2 heterocycles. The third-order valence-corrected chi connectivity index (χ3v) is 7.15. The normalized spacial score (nSPS) is 15.1. The Morgan fingerprint density at radius 1 is 0.973 bits per heavy atom. The number of hydrogen-bond acceptors (Lipinski definition) is 5. The second kappa shape index (κ2) is 11.1. The van der Waals surface area contributed by atoms with Crippen molar-refractivity contribution < 1.29 is 14.6 Å². The summed E-state index contributed by atoms with van der Waals surface area (Å²) in [4.78, 5) is 21.9. The number of aromatic hydroxyl groups is 1. The van der Waals surface area contributed by atoms with Gasteiger partial charge in [-0.15, -0.1) is 0 Å². The zero-order valence-corrected chi connectivity index (χ0v) is 20.5. The average molecular weight is 500 g/mol. The molecule has 1 aliphatic rings. The quantitative estimate of drug-likeness (QED) is 0.298. The molecule has 0 bridgehead atoms. The molecule has 0 radical (unpaired) electrons. The number of H-pyrrole nitrogens is 1. The van der Waals surface area contributed by atoms with Crippen LogP contribution in [0, 0.1) is 11.7 Å². The first-order chi connectivity index (χ1) is 18.0. The van der Waals surface area contributed by atoms with Crippen LogP contribution in [0.4, 0.5) is 10.1 Å². The van der Waals surface area contributed by atoms with Gasteiger partial charge in [-0.1, -0.05) is 30.3 Å². The van der Waals surface area contributed by atoms with E-state index < -0.39 is 0 Å². The Kier molecular flexibility index (Phi) is 7.44. The summed E-state index contributed by atoms with van der Waals surface area (Å²) in [5.74, 6) is 0.0592. The Bertz CT molecular complexity index is 1450. The van der Waals surface area contributed by atoms with E-state index in [9.17, 15) is 14.3 Å². The van der Waals surface area contributed by atoms with Crippen molar-refractivity contribution in [2.45, 2.75) is 25.8 Å². The monoisotopic (exact) mass is 499 g/mol. The van der Waals surface area contributed by atoms with E-state index in [4.69, 9.17) is 5.11 Å². The van der Waals surface area contributed by atoms with Gasteiger partial charge in [0, 0.05) is 30.1 Å². The van der Waals surface area contributed by atoms with Gasteiger partial charge in [0.25, 0.3) is 5.56 Å². The van der Waals surface area contributed by atoms with Gasteiger partial charge in [0.1, 0.15) is 5.82 Å². The van der Waals surface area contributed by atoms with Gasteiger partial charge >= 0.3 is 0 Å². The number of rotatable bonds is 7. The van der Waals surface area contributed by atoms with Gasteiger partial charge in [0.2, 0.25) is 5.88 Å². The fraction of sp³-hybridized carbons (Fsp3) is 0.267. The van der Waals surface area contributed by atoms with Crippen molar-refractivity contribution in [1.29, 1.82) is 0 Å². The molecular formula is C30H30FN3O3. The van der Waals surface area contributed by atoms with E-state index in [0.29, 0.717) is 22.3 Å². The van der Waals surface area contributed by atoms with E-state index in [0.717, 1.165) is 55.7 Å². The van der Waals surface area contributed by atoms with Gasteiger partial charge in [-0.05, 0) is 91.4 Å². The van der Waals surface area contributed by atoms with Gasteiger partial charge in [0.15, 0.2) is 0 Å². The average Bonchev–Trinajstić information content (AvgIpc) is 2.91. The summed E-state index contributed by atoms with van der Waals surface area (Å²) in [6, 6.07) is 19.5. The molecular weight excluding hydrogens is 469 g/mol. The molecule has 1 aliphatic heterocycles. The summed E-state index contributed by atoms with van der Waals surface area (Å²) >= 11 is 0. The molecule has 1 saturated heterocycles. The number of nitrogens with zero attached hydrogens (tertiary/aromatic N) is 2. The molecule has 190 valence electrons. The summed E-state index contributed by atoms with van der Waals surface area (Å²) < 4.78 is 13.4. The Labute approximate surface area is 214 Å². The maximum absolute atomic E-state index is 13.4. The Morgan fingerprint density at radius 2 is 1.68 bits per heavy atom. The number of halogens is 1. The largest absolute Gasteiger partial charge is 0.494 e. The molecule has 0 aliphatic carbocycles. The Hall–Kier alpha value is -3.81. The lowest BCUT2D eigenvalue weighted by molar-refractivity contribution is 0.153. The first kappa shape index (κ1) is 24.9. The van der Waals surface area contributed by atoms with Crippen LogP contribution in [0.25, 0.3) is 21.9 Å². The number of piperidine rings is 1. The third-order valence-electron chi connectivity index (χ3n) is 7.15. The number of aliphatic imine (C=N–C) groups is 1. The second-order valence-corrected chi connectivity index (χ2v) is 9.64. The molecule has 6 nitrogen and oxygen atoms in total. The number of fused-ring (bicyclic) bond motifs is 1. The van der Waals surface area contributed by atoms with E-state index in [1.165, 1.54) is 17.7 Å². The molecule has 0 spiro atoms. The predicted molar refractivity (Wildman–Crippen MR) is 145 cm³/mol. The Morgan fingerprint density at radius 3 is 2.38 bits per heavy atom. The van der Waals surface area contributed by atoms with Crippen molar-refractivity contribution in [1.82, 2.24) is 9.88 Å². The molecule has 5 rings (SSSR count). The third kappa shape index (κ3) is 5.79. The number of aliphatic hydroxyl groups excluding tert-OH is 1. The summed E-state index contributed by atoms with van der Waals surface area (Å²) in [7, 11) is 0. The van der Waals surface area contributed by atoms with Crippen LogP contribution in [0.5, 0.6) is 5.88 Å². The highest BCUT2D eigenvalue weighted by Crippen LogP contribution is 2.28. The van der Waals surface area contributed by atoms with Gasteiger partial charge in [-0.2, -0.15) is 0 Å². The molecule has 0 unspecified atom stereocenters. The molecule has 7 heteroatoms. The number of hydrogen-bond donors (Lipinski definition) is 3. The van der Waals surface area contributed by atoms with Crippen molar-refractivity contribution in [3.63, 3.8) is 0 Å². The molecule has 3 aromatic carbocycles. The number of aromatic nitrogens is 1. The van der Waals surface area contributed by atoms with Gasteiger partial charge in [-0.3, -0.25) is 19.7 Å². The predicted octanol–water partition coefficient (Wildman–Crippen LogP) is 5.38. The fourth-order valence-corrected chi connectivity index (χ4v) is 4.99. The van der Waals surface area contributed by atoms with Crippen molar-refractivity contribution in [2.75, 3.05) is 19.7 Å². The van der Waals surface area contributed by atoms with Crippen LogP contribution in [0.2, 0.25) is 0 Å². The molecule has 4 aromatic rings. The highest BCUT2D eigenvalue weighted by atomic mass is 19.1. The summed E-state index contributed by atoms with van der Waals surface area (Å²) in [5, 5.41) is 20.7. The maximum atomic E-state index is 13.4. The van der Waals surface area contributed by atoms with E-state index in [2.05, 4.69) is 27.0 Å². The minimum Gasteiger partial charge on any atom is -0.494 e. The Balaban J connectivity index is 1.35. The number of benzene rings is 3. The highest BCUT2D eigenvalue weighted by Gasteiger charge is 2.18. The minimum absolute atomic E-state index is 0.251. The summed E-state index contributed by atoms with van der Waals surface area (Å²) in [6.07, 6.45) is 4.71. The van der Waals surface area contributed by atoms with Crippen molar-refractivity contribution >= 4 is 22.7 Å². The van der Waals surface area contributed by atoms with E-state index >= 15 is 0 Å². The highest BCUT2D eigenvalue weighted by molar-refractivity contribution is 6.03. The molecule has 1 aromatic heterocycles. The maximum Gasteiger partial charge on any atom is 0.258 e. The number of nitrogens with one attached hydrogen (secondary N) is 1. The molecule has 3 N–H and O–H groups in total. The molecule has 1 fully saturated rings. The van der Waals surface area contributed by atoms with Gasteiger partial charge in [-0.25, -0.2) is 4.39 Å². The number of aromatic amines is 1. The summed E-state index contributed by atoms with van der Waals surface area (Å²) in [6.45, 7) is 3.24. The van der Waals surface area contributed by atoms with E-state index in [1.54, 1.807) is 30.5 Å². The fourth-order valence-electron chi connectivity index (χ4n) is 4.99. The van der Waals surface area contributed by atoms with Crippen LogP contribution in [0.1, 0.15) is 30.4 Å². The van der Waals surface area contributed by atoms with Gasteiger partial charge < -0.3 is 10.2 Å². The lowest BCUT2D eigenvalue weighted by atomic mass is 9.94. The van der Waals surface area contributed by atoms with E-state index in [-0.39, 0.29) is 23.9 Å². The van der Waals surface area contributed by atoms with Crippen molar-refractivity contribution in [3.8, 4) is 17.0 Å². The summed E-state index contributed by atoms with van der Waals surface area (Å²) in [5.41, 5.74) is 3.57. The standard InChI is InChI=1S/C30H30FN3O3/c31-24-6-3-22(4-7-24)23-5-10-26-27(17-23)28(30(37)33-29(26)36)18-32-25-8-1-21(2-9-25)19-34-14-11-20(12-15-34)13-16-35/h1-10,17-18,20,35H,11-16,19H2,(H2,33,36,37). The van der Waals surface area contributed by atoms with Crippen LogP contribution in [0.15, 0.2) is 76.5 Å². The smallest absolute Gasteiger partial charge is 0.258 e. The molecule has 37 heavy (non-hydrogen) atoms. The van der Waals surface area contributed by atoms with Crippen LogP contribution in [-0.2, 0) is 6.54 Å². The lowest BCUT2D eigenvalue weighted by Crippen LogP contribution is -2.33. The topological polar surface area (TPSA) is 88.9 Å². The zero-order chi connectivity index (χ0) is 25.8. The molecule has 0 atom stereocenters. The van der Waals surface area contributed by atoms with Crippen LogP contribution in [-0.4, -0.2) is 46.0 Å². The zero-order valence-electron chi connectivity index (χ0n) is 20.5.